The number of anilines is 1. The quantitative estimate of drug-likeness (QED) is 0.109. The molecule has 2 fully saturated rings. The maximum absolute atomic E-state index is 13.9. The number of hydrogen-bond acceptors (Lipinski definition) is 11. The van der Waals surface area contributed by atoms with Crippen molar-refractivity contribution in [1.29, 1.82) is 0 Å². The third-order valence-corrected chi connectivity index (χ3v) is 9.91. The van der Waals surface area contributed by atoms with Gasteiger partial charge in [-0.25, -0.2) is 9.59 Å². The standard InChI is InChI=1S/C33H43ClN3O10.C3H8S.Y/c1-18-8-7-9-23(16-39)33(44)14-25(45-31(43)35-33)19(2)29-32(4,47-29)26(46-30(42)20(3)36(5)17-40)13-27(41)37(6)24-12-21(10-18)11-22(15-38)28(24)34;1-3(2)4;/h7-9,11-12,19-20,23,25-26,29,38-39,44H,10,13-16H2,1-6H3,(H,35,43);3-4H,1-2H3;/q-1;;/p-1/b9-7+,18-8+;;. The average molecular weight is 841 g/mol. The Bertz CT molecular complexity index is 1510. The van der Waals surface area contributed by atoms with Gasteiger partial charge in [-0.3, -0.25) is 10.1 Å². The number of nitrogens with one attached hydrogen (secondary N) is 1. The van der Waals surface area contributed by atoms with Gasteiger partial charge in [0.2, 0.25) is 5.91 Å². The van der Waals surface area contributed by atoms with E-state index in [0.29, 0.717) is 22.9 Å². The van der Waals surface area contributed by atoms with Gasteiger partial charge < -0.3 is 56.8 Å². The normalized spacial score (nSPS) is 31.2. The number of esters is 1. The van der Waals surface area contributed by atoms with E-state index < -0.39 is 72.1 Å². The number of amides is 3. The molecule has 3 aliphatic rings. The van der Waals surface area contributed by atoms with Crippen molar-refractivity contribution in [2.75, 3.05) is 25.6 Å². The van der Waals surface area contributed by atoms with E-state index >= 15 is 0 Å². The predicted octanol–water partition coefficient (Wildman–Crippen LogP) is 3.07. The molecule has 4 rings (SSSR count). The van der Waals surface area contributed by atoms with Gasteiger partial charge in [-0.15, -0.1) is 0 Å². The van der Waals surface area contributed by atoms with Crippen LogP contribution >= 0.6 is 11.6 Å². The SMILES string of the molecule is C/C1=C\C=C\C(CO)C2(O)CC(OC(=O)N2)C(C)C2OC2(C)C(OC(=O)C(C)N(C)[C-]=O)CC(=O)N(C)c2cc(cc(CO)c2Cl)C1.CC(C)[S-].[Y]. The minimum atomic E-state index is -1.85. The van der Waals surface area contributed by atoms with Crippen LogP contribution in [-0.2, 0) is 87.0 Å². The first-order chi connectivity index (χ1) is 23.8. The van der Waals surface area contributed by atoms with Gasteiger partial charge in [-0.05, 0) is 51.4 Å². The number of nitrogens with zero attached hydrogens (tertiary/aromatic N) is 2. The monoisotopic (exact) mass is 840 g/mol. The Hall–Kier alpha value is -2.04. The van der Waals surface area contributed by atoms with E-state index in [0.717, 1.165) is 16.0 Å². The Morgan fingerprint density at radius 1 is 1.27 bits per heavy atom. The molecule has 0 aromatic heterocycles. The molecule has 0 spiro atoms. The maximum atomic E-state index is 13.9. The molecule has 4 bridgehead atoms. The minimum absolute atomic E-state index is 0. The van der Waals surface area contributed by atoms with E-state index in [1.165, 1.54) is 25.9 Å². The van der Waals surface area contributed by atoms with Crippen LogP contribution in [0.25, 0.3) is 0 Å². The third kappa shape index (κ3) is 11.3. The Morgan fingerprint density at radius 3 is 2.48 bits per heavy atom. The number of carbonyl (C=O) groups excluding carboxylic acids is 4. The van der Waals surface area contributed by atoms with Gasteiger partial charge >= 0.3 is 12.1 Å². The molecule has 16 heteroatoms. The minimum Gasteiger partial charge on any atom is -0.790 e. The second-order valence-corrected chi connectivity index (χ2v) is 15.2. The molecule has 1 aromatic rings. The van der Waals surface area contributed by atoms with E-state index in [2.05, 4.69) is 17.9 Å². The van der Waals surface area contributed by atoms with Crippen LogP contribution in [0, 0.1) is 11.8 Å². The summed E-state index contributed by atoms with van der Waals surface area (Å²) in [7, 11) is 2.90. The molecule has 8 unspecified atom stereocenters. The van der Waals surface area contributed by atoms with E-state index in [4.69, 9.17) is 25.8 Å². The molecule has 0 saturated carbocycles. The van der Waals surface area contributed by atoms with Gasteiger partial charge in [0.15, 0.2) is 5.72 Å². The molecule has 52 heavy (non-hydrogen) atoms. The van der Waals surface area contributed by atoms with Crippen molar-refractivity contribution >= 4 is 54.3 Å². The summed E-state index contributed by atoms with van der Waals surface area (Å²) in [6, 6.07) is 2.46. The number of carbonyl (C=O) groups is 3. The molecule has 1 radical (unpaired) electrons. The van der Waals surface area contributed by atoms with Crippen LogP contribution in [-0.4, -0.2) is 106 Å². The topological polar surface area (TPSA) is 178 Å². The van der Waals surface area contributed by atoms with Crippen LogP contribution in [0.4, 0.5) is 10.5 Å². The molecule has 3 heterocycles. The largest absolute Gasteiger partial charge is 0.790 e. The van der Waals surface area contributed by atoms with Crippen molar-refractivity contribution in [2.24, 2.45) is 11.8 Å². The summed E-state index contributed by atoms with van der Waals surface area (Å²) in [5.41, 5.74) is -0.704. The number of fused-ring (bicyclic) bond motifs is 5. The Kier molecular flexibility index (Phi) is 17.3. The molecule has 8 atom stereocenters. The van der Waals surface area contributed by atoms with Gasteiger partial charge in [0.1, 0.15) is 17.8 Å². The molecule has 13 nitrogen and oxygen atoms in total. The van der Waals surface area contributed by atoms with Gasteiger partial charge in [0.25, 0.3) is 0 Å². The predicted molar refractivity (Wildman–Crippen MR) is 193 cm³/mol. The smallest absolute Gasteiger partial charge is 0.409 e. The third-order valence-electron chi connectivity index (χ3n) is 9.48. The van der Waals surface area contributed by atoms with Crippen LogP contribution in [0.1, 0.15) is 65.5 Å². The first-order valence-corrected chi connectivity index (χ1v) is 17.7. The molecule has 4 N–H and O–H groups in total. The second-order valence-electron chi connectivity index (χ2n) is 13.9. The van der Waals surface area contributed by atoms with Gasteiger partial charge in [0.05, 0.1) is 42.5 Å². The number of aliphatic hydroxyl groups excluding tert-OH is 2. The number of ether oxygens (including phenoxy) is 3. The zero-order chi connectivity index (χ0) is 38.4. The molecule has 1 aromatic carbocycles. The molecule has 0 aliphatic carbocycles. The first-order valence-electron chi connectivity index (χ1n) is 16.8. The van der Waals surface area contributed by atoms with Crippen molar-refractivity contribution in [2.45, 2.75) is 108 Å². The van der Waals surface area contributed by atoms with Crippen molar-refractivity contribution in [3.63, 3.8) is 0 Å². The number of aliphatic hydroxyl groups is 3. The van der Waals surface area contributed by atoms with Crippen molar-refractivity contribution in [3.05, 3.63) is 52.1 Å². The fourth-order valence-electron chi connectivity index (χ4n) is 6.17. The fourth-order valence-corrected chi connectivity index (χ4v) is 6.47. The summed E-state index contributed by atoms with van der Waals surface area (Å²) in [4.78, 5) is 53.3. The van der Waals surface area contributed by atoms with Crippen molar-refractivity contribution < 1.29 is 81.4 Å². The molecular weight excluding hydrogens is 791 g/mol. The van der Waals surface area contributed by atoms with Gasteiger partial charge in [-0.1, -0.05) is 62.2 Å². The molecule has 3 aliphatic heterocycles. The van der Waals surface area contributed by atoms with E-state index in [-0.39, 0.29) is 57.2 Å². The molecular formula is C36H50ClN3O10SY-2. The first kappa shape index (κ1) is 46.1. The van der Waals surface area contributed by atoms with Crippen molar-refractivity contribution in [3.8, 4) is 0 Å². The summed E-state index contributed by atoms with van der Waals surface area (Å²) < 4.78 is 17.6. The second kappa shape index (κ2) is 19.5. The van der Waals surface area contributed by atoms with E-state index in [9.17, 15) is 34.5 Å². The maximum Gasteiger partial charge on any atom is 0.409 e. The number of rotatable bonds is 6. The summed E-state index contributed by atoms with van der Waals surface area (Å²) in [6.07, 6.45) is 3.10. The summed E-state index contributed by atoms with van der Waals surface area (Å²) in [6.45, 7) is 9.87. The number of alkyl carbamates (subject to hydrolysis) is 1. The molecule has 3 amide bonds. The summed E-state index contributed by atoms with van der Waals surface area (Å²) in [5, 5.41) is 34.9. The summed E-state index contributed by atoms with van der Waals surface area (Å²) >= 11 is 11.3. The van der Waals surface area contributed by atoms with Gasteiger partial charge in [-0.2, -0.15) is 11.7 Å². The van der Waals surface area contributed by atoms with Crippen LogP contribution < -0.4 is 10.2 Å². The Labute approximate surface area is 341 Å². The molecule has 287 valence electrons. The Morgan fingerprint density at radius 2 is 1.90 bits per heavy atom. The zero-order valence-corrected chi connectivity index (χ0v) is 35.3. The number of halogens is 1. The van der Waals surface area contributed by atoms with E-state index in [1.807, 2.05) is 20.8 Å². The van der Waals surface area contributed by atoms with Crippen LogP contribution in [0.3, 0.4) is 0 Å². The van der Waals surface area contributed by atoms with E-state index in [1.54, 1.807) is 50.6 Å². The van der Waals surface area contributed by atoms with Gasteiger partial charge in [0, 0.05) is 58.0 Å². The zero-order valence-electron chi connectivity index (χ0n) is 30.9. The number of benzene rings is 1. The van der Waals surface area contributed by atoms with Crippen LogP contribution in [0.15, 0.2) is 35.9 Å². The fraction of sp³-hybridized carbons (Fsp3) is 0.611. The number of allylic oxidation sites excluding steroid dienone is 3. The number of epoxide rings is 1. The Balaban J connectivity index is 0.00000178. The van der Waals surface area contributed by atoms with Crippen LogP contribution in [0.2, 0.25) is 5.02 Å². The summed E-state index contributed by atoms with van der Waals surface area (Å²) in [5.74, 6) is -2.71. The molecule has 2 saturated heterocycles. The van der Waals surface area contributed by atoms with Crippen LogP contribution in [0.5, 0.6) is 0 Å². The van der Waals surface area contributed by atoms with Crippen molar-refractivity contribution in [1.82, 2.24) is 10.2 Å². The number of likely N-dealkylation sites (N-methyl/N-ethyl adjacent to an activating group) is 1. The average Bonchev–Trinajstić information content (AvgIpc) is 3.76. The number of hydrogen-bond donors (Lipinski definition) is 4.